The predicted octanol–water partition coefficient (Wildman–Crippen LogP) is 0.901. The van der Waals surface area contributed by atoms with Crippen LogP contribution >= 0.6 is 0 Å². The van der Waals surface area contributed by atoms with Gasteiger partial charge in [-0.1, -0.05) is 5.92 Å². The summed E-state index contributed by atoms with van der Waals surface area (Å²) in [7, 11) is 0. The molecule has 0 spiro atoms. The molecular formula is C7H10N2. The van der Waals surface area contributed by atoms with E-state index in [1.807, 2.05) is 6.92 Å². The van der Waals surface area contributed by atoms with Gasteiger partial charge in [-0.15, -0.1) is 6.42 Å². The molecule has 0 saturated heterocycles. The first-order chi connectivity index (χ1) is 4.20. The van der Waals surface area contributed by atoms with E-state index >= 15 is 0 Å². The van der Waals surface area contributed by atoms with Crippen LogP contribution in [-0.4, -0.2) is 5.71 Å². The Morgan fingerprint density at radius 3 is 2.67 bits per heavy atom. The van der Waals surface area contributed by atoms with Crippen LogP contribution in [0.15, 0.2) is 16.9 Å². The maximum Gasteiger partial charge on any atom is 0.120 e. The lowest BCUT2D eigenvalue weighted by Gasteiger charge is -1.88. The second-order valence-corrected chi connectivity index (χ2v) is 1.56. The molecule has 0 bridgehead atoms. The number of hydrogen-bond acceptors (Lipinski definition) is 2. The molecule has 0 heterocycles. The van der Waals surface area contributed by atoms with Gasteiger partial charge in [0.25, 0.3) is 0 Å². The molecule has 0 unspecified atom stereocenters. The van der Waals surface area contributed by atoms with Crippen LogP contribution in [-0.2, 0) is 0 Å². The molecule has 2 nitrogen and oxygen atoms in total. The maximum absolute atomic E-state index is 5.33. The summed E-state index contributed by atoms with van der Waals surface area (Å²) in [5.74, 6) is 2.82. The van der Waals surface area contributed by atoms with Crippen LogP contribution in [0.3, 0.4) is 0 Å². The quantitative estimate of drug-likeness (QED) is 0.407. The van der Waals surface area contributed by atoms with Gasteiger partial charge in [0, 0.05) is 0 Å². The molecule has 0 radical (unpaired) electrons. The third kappa shape index (κ3) is 3.36. The number of hydrogen-bond donors (Lipinski definition) is 1. The van der Waals surface area contributed by atoms with Gasteiger partial charge < -0.3 is 5.73 Å². The average molecular weight is 122 g/mol. The molecule has 0 aromatic rings. The second-order valence-electron chi connectivity index (χ2n) is 1.56. The average Bonchev–Trinajstić information content (AvgIpc) is 1.87. The van der Waals surface area contributed by atoms with E-state index in [2.05, 4.69) is 10.9 Å². The fourth-order valence-electron chi connectivity index (χ4n) is 0.290. The van der Waals surface area contributed by atoms with Crippen LogP contribution in [0.5, 0.6) is 0 Å². The van der Waals surface area contributed by atoms with Crippen molar-refractivity contribution in [1.29, 1.82) is 0 Å². The summed E-state index contributed by atoms with van der Waals surface area (Å²) in [6, 6.07) is 0. The van der Waals surface area contributed by atoms with Crippen molar-refractivity contribution < 1.29 is 0 Å². The summed E-state index contributed by atoms with van der Waals surface area (Å²) in [6.07, 6.45) is 6.71. The molecule has 0 aliphatic carbocycles. The Hall–Kier alpha value is -1.23. The van der Waals surface area contributed by atoms with Crippen molar-refractivity contribution in [1.82, 2.24) is 0 Å². The minimum Gasteiger partial charge on any atom is -0.384 e. The van der Waals surface area contributed by atoms with Crippen LogP contribution in [0.1, 0.15) is 13.8 Å². The first-order valence-corrected chi connectivity index (χ1v) is 2.64. The lowest BCUT2D eigenvalue weighted by atomic mass is 10.4. The normalized spacial score (nSPS) is 13.0. The fraction of sp³-hybridized carbons (Fsp3) is 0.286. The van der Waals surface area contributed by atoms with Crippen molar-refractivity contribution in [3.8, 4) is 12.3 Å². The van der Waals surface area contributed by atoms with E-state index in [1.54, 1.807) is 13.0 Å². The van der Waals surface area contributed by atoms with Crippen molar-refractivity contribution in [3.63, 3.8) is 0 Å². The van der Waals surface area contributed by atoms with Crippen LogP contribution in [0.2, 0.25) is 0 Å². The van der Waals surface area contributed by atoms with Gasteiger partial charge in [-0.2, -0.15) is 0 Å². The van der Waals surface area contributed by atoms with Crippen LogP contribution < -0.4 is 5.73 Å². The van der Waals surface area contributed by atoms with E-state index in [4.69, 9.17) is 12.2 Å². The zero-order valence-electron chi connectivity index (χ0n) is 5.68. The maximum atomic E-state index is 5.33. The number of aliphatic imine (C=N–C) groups is 1. The van der Waals surface area contributed by atoms with E-state index in [9.17, 15) is 0 Å². The van der Waals surface area contributed by atoms with Gasteiger partial charge in [-0.05, 0) is 19.9 Å². The van der Waals surface area contributed by atoms with Crippen molar-refractivity contribution >= 4 is 5.71 Å². The second kappa shape index (κ2) is 3.73. The molecule has 2 N–H and O–H groups in total. The zero-order valence-corrected chi connectivity index (χ0v) is 5.68. The van der Waals surface area contributed by atoms with E-state index < -0.39 is 0 Å². The molecule has 0 saturated carbocycles. The SMILES string of the molecule is C#CC(C)=N/C(N)=C\C. The Bertz CT molecular complexity index is 182. The Morgan fingerprint density at radius 1 is 1.78 bits per heavy atom. The van der Waals surface area contributed by atoms with E-state index in [1.165, 1.54) is 0 Å². The fourth-order valence-corrected chi connectivity index (χ4v) is 0.290. The Kier molecular flexibility index (Phi) is 3.22. The summed E-state index contributed by atoms with van der Waals surface area (Å²) >= 11 is 0. The van der Waals surface area contributed by atoms with Crippen LogP contribution in [0.4, 0.5) is 0 Å². The monoisotopic (exact) mass is 122 g/mol. The highest BCUT2D eigenvalue weighted by Gasteiger charge is 1.81. The molecule has 0 rings (SSSR count). The predicted molar refractivity (Wildman–Crippen MR) is 39.9 cm³/mol. The van der Waals surface area contributed by atoms with Crippen molar-refractivity contribution in [2.24, 2.45) is 10.7 Å². The molecule has 0 aromatic carbocycles. The number of terminal acetylenes is 1. The number of nitrogens with zero attached hydrogens (tertiary/aromatic N) is 1. The third-order valence-electron chi connectivity index (χ3n) is 0.801. The third-order valence-corrected chi connectivity index (χ3v) is 0.801. The number of rotatable bonds is 1. The molecule has 0 aliphatic rings. The highest BCUT2D eigenvalue weighted by molar-refractivity contribution is 5.98. The largest absolute Gasteiger partial charge is 0.384 e. The van der Waals surface area contributed by atoms with Gasteiger partial charge in [0.2, 0.25) is 0 Å². The molecule has 0 amide bonds. The Balaban J connectivity index is 4.17. The summed E-state index contributed by atoms with van der Waals surface area (Å²) in [4.78, 5) is 3.83. The van der Waals surface area contributed by atoms with Gasteiger partial charge >= 0.3 is 0 Å². The summed E-state index contributed by atoms with van der Waals surface area (Å²) < 4.78 is 0. The standard InChI is InChI=1S/C7H10N2/c1-4-6(3)9-7(8)5-2/h1,5H,8H2,2-3H3/b7-5-,9-6?. The topological polar surface area (TPSA) is 38.4 Å². The molecular weight excluding hydrogens is 112 g/mol. The van der Waals surface area contributed by atoms with Crippen LogP contribution in [0.25, 0.3) is 0 Å². The van der Waals surface area contributed by atoms with Gasteiger partial charge in [0.05, 0.1) is 5.71 Å². The number of allylic oxidation sites excluding steroid dienone is 1. The molecule has 0 aliphatic heterocycles. The van der Waals surface area contributed by atoms with Gasteiger partial charge in [0.15, 0.2) is 0 Å². The first kappa shape index (κ1) is 7.77. The summed E-state index contributed by atoms with van der Waals surface area (Å²) in [6.45, 7) is 3.54. The summed E-state index contributed by atoms with van der Waals surface area (Å²) in [5.41, 5.74) is 5.93. The highest BCUT2D eigenvalue weighted by atomic mass is 14.9. The highest BCUT2D eigenvalue weighted by Crippen LogP contribution is 1.85. The van der Waals surface area contributed by atoms with Gasteiger partial charge in [-0.25, -0.2) is 4.99 Å². The molecule has 0 aromatic heterocycles. The minimum absolute atomic E-state index is 0.463. The number of nitrogens with two attached hydrogens (primary N) is 1. The summed E-state index contributed by atoms with van der Waals surface area (Å²) in [5, 5.41) is 0. The van der Waals surface area contributed by atoms with Crippen LogP contribution in [0, 0.1) is 12.3 Å². The molecule has 0 atom stereocenters. The van der Waals surface area contributed by atoms with Gasteiger partial charge in [0.1, 0.15) is 5.82 Å². The molecule has 48 valence electrons. The Labute approximate surface area is 55.5 Å². The van der Waals surface area contributed by atoms with Crippen molar-refractivity contribution in [2.45, 2.75) is 13.8 Å². The smallest absolute Gasteiger partial charge is 0.120 e. The lowest BCUT2D eigenvalue weighted by molar-refractivity contribution is 1.23. The lowest BCUT2D eigenvalue weighted by Crippen LogP contribution is -1.95. The van der Waals surface area contributed by atoms with E-state index in [0.29, 0.717) is 11.5 Å². The first-order valence-electron chi connectivity index (χ1n) is 2.64. The van der Waals surface area contributed by atoms with E-state index in [-0.39, 0.29) is 0 Å². The van der Waals surface area contributed by atoms with Crippen molar-refractivity contribution in [3.05, 3.63) is 11.9 Å². The Morgan fingerprint density at radius 2 is 2.33 bits per heavy atom. The zero-order chi connectivity index (χ0) is 7.28. The molecule has 2 heteroatoms. The molecule has 0 fully saturated rings. The molecule has 9 heavy (non-hydrogen) atoms. The minimum atomic E-state index is 0.463. The van der Waals surface area contributed by atoms with Crippen molar-refractivity contribution in [2.75, 3.05) is 0 Å². The van der Waals surface area contributed by atoms with Gasteiger partial charge in [-0.3, -0.25) is 0 Å². The van der Waals surface area contributed by atoms with E-state index in [0.717, 1.165) is 0 Å².